The van der Waals surface area contributed by atoms with Crippen LogP contribution in [0, 0.1) is 5.92 Å². The van der Waals surface area contributed by atoms with Crippen LogP contribution in [0.3, 0.4) is 0 Å². The van der Waals surface area contributed by atoms with E-state index in [1.165, 1.54) is 6.07 Å². The van der Waals surface area contributed by atoms with E-state index in [-0.39, 0.29) is 5.92 Å². The van der Waals surface area contributed by atoms with Gasteiger partial charge in [-0.3, -0.25) is 0 Å². The number of hydrogen-bond acceptors (Lipinski definition) is 1. The van der Waals surface area contributed by atoms with E-state index in [0.29, 0.717) is 5.92 Å². The normalized spacial score (nSPS) is 18.9. The smallest absolute Gasteiger partial charge is 0.384 e. The molecule has 4 heteroatoms. The molecule has 0 fully saturated rings. The van der Waals surface area contributed by atoms with Crippen LogP contribution in [-0.2, 0) is 6.18 Å². The Balaban J connectivity index is 2.36. The monoisotopic (exact) mass is 257 g/mol. The van der Waals surface area contributed by atoms with Gasteiger partial charge in [-0.15, -0.1) is 0 Å². The number of fused-ring (bicyclic) bond motifs is 1. The molecule has 0 bridgehead atoms. The van der Waals surface area contributed by atoms with E-state index < -0.39 is 11.7 Å². The van der Waals surface area contributed by atoms with Crippen LogP contribution in [0.4, 0.5) is 18.9 Å². The molecule has 0 saturated carbocycles. The lowest BCUT2D eigenvalue weighted by atomic mass is 9.83. The molecule has 1 atom stereocenters. The minimum atomic E-state index is -4.25. The Morgan fingerprint density at radius 3 is 2.50 bits per heavy atom. The van der Waals surface area contributed by atoms with Gasteiger partial charge in [0.05, 0.1) is 5.56 Å². The summed E-state index contributed by atoms with van der Waals surface area (Å²) in [4.78, 5) is 0. The summed E-state index contributed by atoms with van der Waals surface area (Å²) in [7, 11) is 0. The van der Waals surface area contributed by atoms with Crippen molar-refractivity contribution in [2.75, 3.05) is 11.9 Å². The van der Waals surface area contributed by atoms with Gasteiger partial charge < -0.3 is 5.32 Å². The molecule has 18 heavy (non-hydrogen) atoms. The third kappa shape index (κ3) is 2.33. The first-order chi connectivity index (χ1) is 8.47. The van der Waals surface area contributed by atoms with E-state index in [4.69, 9.17) is 0 Å². The number of rotatable bonds is 3. The minimum absolute atomic E-state index is 0.206. The van der Waals surface area contributed by atoms with Gasteiger partial charge in [0.25, 0.3) is 0 Å². The zero-order valence-electron chi connectivity index (χ0n) is 10.6. The Kier molecular flexibility index (Phi) is 3.55. The first-order valence-electron chi connectivity index (χ1n) is 6.42. The highest BCUT2D eigenvalue weighted by atomic mass is 19.4. The van der Waals surface area contributed by atoms with E-state index in [2.05, 4.69) is 19.2 Å². The summed E-state index contributed by atoms with van der Waals surface area (Å²) < 4.78 is 38.2. The fourth-order valence-corrected chi connectivity index (χ4v) is 2.81. The lowest BCUT2D eigenvalue weighted by molar-refractivity contribution is -0.137. The molecule has 1 aromatic carbocycles. The van der Waals surface area contributed by atoms with Gasteiger partial charge in [-0.05, 0) is 29.7 Å². The highest BCUT2D eigenvalue weighted by Crippen LogP contribution is 2.41. The van der Waals surface area contributed by atoms with Crippen LogP contribution in [0.2, 0.25) is 0 Å². The fraction of sp³-hybridized carbons (Fsp3) is 0.571. The molecule has 1 aliphatic rings. The second kappa shape index (κ2) is 4.82. The molecule has 100 valence electrons. The van der Waals surface area contributed by atoms with Gasteiger partial charge in [0.15, 0.2) is 0 Å². The molecule has 1 nitrogen and oxygen atoms in total. The van der Waals surface area contributed by atoms with Crippen molar-refractivity contribution in [3.63, 3.8) is 0 Å². The van der Waals surface area contributed by atoms with Crippen LogP contribution >= 0.6 is 0 Å². The number of halogens is 3. The molecule has 1 unspecified atom stereocenters. The first kappa shape index (κ1) is 13.2. The summed E-state index contributed by atoms with van der Waals surface area (Å²) in [6.07, 6.45) is -2.26. The molecule has 0 spiro atoms. The summed E-state index contributed by atoms with van der Waals surface area (Å²) in [5.41, 5.74) is 1.15. The maximum absolute atomic E-state index is 12.7. The Hall–Kier alpha value is -1.19. The van der Waals surface area contributed by atoms with Crippen LogP contribution in [-0.4, -0.2) is 6.54 Å². The van der Waals surface area contributed by atoms with E-state index in [1.54, 1.807) is 6.07 Å². The van der Waals surface area contributed by atoms with Gasteiger partial charge in [0, 0.05) is 18.2 Å². The van der Waals surface area contributed by atoms with E-state index >= 15 is 0 Å². The van der Waals surface area contributed by atoms with Crippen molar-refractivity contribution < 1.29 is 13.2 Å². The fourth-order valence-electron chi connectivity index (χ4n) is 2.81. The molecular formula is C14H18F3N. The van der Waals surface area contributed by atoms with Gasteiger partial charge in [0.2, 0.25) is 0 Å². The van der Waals surface area contributed by atoms with Crippen LogP contribution < -0.4 is 5.32 Å². The number of alkyl halides is 3. The predicted molar refractivity (Wildman–Crippen MR) is 66.7 cm³/mol. The molecule has 2 rings (SSSR count). The zero-order valence-corrected chi connectivity index (χ0v) is 10.6. The molecular weight excluding hydrogens is 239 g/mol. The molecule has 1 heterocycles. The summed E-state index contributed by atoms with van der Waals surface area (Å²) in [6.45, 7) is 4.95. The van der Waals surface area contributed by atoms with Crippen molar-refractivity contribution in [1.82, 2.24) is 0 Å². The predicted octanol–water partition coefficient (Wildman–Crippen LogP) is 4.65. The SMILES string of the molecule is CCC(CC)C1CNc2ccc(C(F)(F)F)cc21. The third-order valence-electron chi connectivity index (χ3n) is 3.91. The van der Waals surface area contributed by atoms with Gasteiger partial charge in [0.1, 0.15) is 0 Å². The molecule has 1 aliphatic heterocycles. The van der Waals surface area contributed by atoms with Crippen LogP contribution in [0.5, 0.6) is 0 Å². The van der Waals surface area contributed by atoms with Gasteiger partial charge in [-0.2, -0.15) is 13.2 Å². The maximum Gasteiger partial charge on any atom is 0.416 e. The summed E-state index contributed by atoms with van der Waals surface area (Å²) in [5, 5.41) is 3.21. The number of hydrogen-bond donors (Lipinski definition) is 1. The topological polar surface area (TPSA) is 12.0 Å². The van der Waals surface area contributed by atoms with Crippen molar-refractivity contribution in [3.05, 3.63) is 29.3 Å². The number of benzene rings is 1. The molecule has 1 aromatic rings. The zero-order chi connectivity index (χ0) is 13.3. The van der Waals surface area contributed by atoms with E-state index in [9.17, 15) is 13.2 Å². The Morgan fingerprint density at radius 2 is 1.94 bits per heavy atom. The van der Waals surface area contributed by atoms with Gasteiger partial charge in [-0.1, -0.05) is 26.7 Å². The van der Waals surface area contributed by atoms with Crippen molar-refractivity contribution >= 4 is 5.69 Å². The maximum atomic E-state index is 12.7. The standard InChI is InChI=1S/C14H18F3N/c1-3-9(4-2)12-8-18-13-6-5-10(7-11(12)13)14(15,16)17/h5-7,9,12,18H,3-4,8H2,1-2H3. The molecule has 1 N–H and O–H groups in total. The first-order valence-corrected chi connectivity index (χ1v) is 6.42. The summed E-state index contributed by atoms with van der Waals surface area (Å²) in [6, 6.07) is 4.03. The summed E-state index contributed by atoms with van der Waals surface area (Å²) >= 11 is 0. The van der Waals surface area contributed by atoms with E-state index in [1.807, 2.05) is 0 Å². The Labute approximate surface area is 105 Å². The molecule has 0 radical (unpaired) electrons. The van der Waals surface area contributed by atoms with Gasteiger partial charge in [-0.25, -0.2) is 0 Å². The van der Waals surface area contributed by atoms with Crippen molar-refractivity contribution in [1.29, 1.82) is 0 Å². The summed E-state index contributed by atoms with van der Waals surface area (Å²) in [5.74, 6) is 0.652. The largest absolute Gasteiger partial charge is 0.416 e. The van der Waals surface area contributed by atoms with Crippen molar-refractivity contribution in [2.24, 2.45) is 5.92 Å². The molecule has 0 aromatic heterocycles. The van der Waals surface area contributed by atoms with Crippen LogP contribution in [0.15, 0.2) is 18.2 Å². The molecule has 0 saturated heterocycles. The third-order valence-corrected chi connectivity index (χ3v) is 3.91. The quantitative estimate of drug-likeness (QED) is 0.831. The van der Waals surface area contributed by atoms with Crippen LogP contribution in [0.1, 0.15) is 43.7 Å². The molecule has 0 amide bonds. The molecule has 0 aliphatic carbocycles. The Bertz CT molecular complexity index is 422. The highest BCUT2D eigenvalue weighted by Gasteiger charge is 2.34. The second-order valence-electron chi connectivity index (χ2n) is 4.86. The number of anilines is 1. The van der Waals surface area contributed by atoms with Gasteiger partial charge >= 0.3 is 6.18 Å². The van der Waals surface area contributed by atoms with E-state index in [0.717, 1.165) is 36.7 Å². The highest BCUT2D eigenvalue weighted by molar-refractivity contribution is 5.59. The van der Waals surface area contributed by atoms with Crippen molar-refractivity contribution in [3.8, 4) is 0 Å². The minimum Gasteiger partial charge on any atom is -0.384 e. The number of nitrogens with one attached hydrogen (secondary N) is 1. The average molecular weight is 257 g/mol. The Morgan fingerprint density at radius 1 is 1.28 bits per heavy atom. The second-order valence-corrected chi connectivity index (χ2v) is 4.86. The average Bonchev–Trinajstić information content (AvgIpc) is 2.73. The van der Waals surface area contributed by atoms with Crippen molar-refractivity contribution in [2.45, 2.75) is 38.8 Å². The van der Waals surface area contributed by atoms with Crippen LogP contribution in [0.25, 0.3) is 0 Å². The lowest BCUT2D eigenvalue weighted by Gasteiger charge is -2.21. The lowest BCUT2D eigenvalue weighted by Crippen LogP contribution is -2.14.